The van der Waals surface area contributed by atoms with E-state index >= 15 is 0 Å². The first-order chi connectivity index (χ1) is 13.5. The van der Waals surface area contributed by atoms with Gasteiger partial charge >= 0.3 is 0 Å². The minimum atomic E-state index is -0.370. The van der Waals surface area contributed by atoms with Crippen molar-refractivity contribution in [3.63, 3.8) is 0 Å². The Labute approximate surface area is 173 Å². The molecule has 1 saturated heterocycles. The second-order valence-electron chi connectivity index (χ2n) is 6.85. The van der Waals surface area contributed by atoms with Gasteiger partial charge in [-0.1, -0.05) is 0 Å². The van der Waals surface area contributed by atoms with Crippen LogP contribution < -0.4 is 5.32 Å². The number of hydrogen-bond acceptors (Lipinski definition) is 5. The second-order valence-corrected chi connectivity index (χ2v) is 6.85. The van der Waals surface area contributed by atoms with E-state index in [1.165, 1.54) is 23.0 Å². The quantitative estimate of drug-likeness (QED) is 0.676. The molecule has 0 aliphatic carbocycles. The largest absolute Gasteiger partial charge is 0.504 e. The van der Waals surface area contributed by atoms with Crippen LogP contribution in [0.1, 0.15) is 27.9 Å². The fourth-order valence-corrected chi connectivity index (χ4v) is 3.53. The zero-order valence-corrected chi connectivity index (χ0v) is 16.9. The van der Waals surface area contributed by atoms with Gasteiger partial charge in [-0.3, -0.25) is 4.79 Å². The van der Waals surface area contributed by atoms with Crippen LogP contribution in [0.15, 0.2) is 36.8 Å². The fraction of sp³-hybridized carbons (Fsp3) is 0.316. The number of benzene rings is 1. The van der Waals surface area contributed by atoms with Gasteiger partial charge in [0.25, 0.3) is 5.91 Å². The maximum atomic E-state index is 13.4. The molecule has 29 heavy (non-hydrogen) atoms. The van der Waals surface area contributed by atoms with Gasteiger partial charge < -0.3 is 19.9 Å². The molecule has 1 aliphatic heterocycles. The SMILES string of the molecule is Cc1cc(F)ccc1-n1cc(O)c(C(=O)N2CCNCC2c2nccn2C)n1.Cl. The lowest BCUT2D eigenvalue weighted by atomic mass is 10.1. The summed E-state index contributed by atoms with van der Waals surface area (Å²) in [6.45, 7) is 3.42. The first-order valence-electron chi connectivity index (χ1n) is 9.00. The van der Waals surface area contributed by atoms with Crippen molar-refractivity contribution in [2.45, 2.75) is 13.0 Å². The first-order valence-corrected chi connectivity index (χ1v) is 9.00. The number of rotatable bonds is 3. The molecule has 1 aliphatic rings. The Bertz CT molecular complexity index is 1030. The van der Waals surface area contributed by atoms with Crippen molar-refractivity contribution in [1.29, 1.82) is 0 Å². The molecule has 4 rings (SSSR count). The molecule has 3 aromatic rings. The van der Waals surface area contributed by atoms with E-state index in [0.29, 0.717) is 30.9 Å². The summed E-state index contributed by atoms with van der Waals surface area (Å²) in [7, 11) is 1.88. The Kier molecular flexibility index (Phi) is 5.90. The number of imidazole rings is 1. The highest BCUT2D eigenvalue weighted by Crippen LogP contribution is 2.27. The molecule has 0 saturated carbocycles. The monoisotopic (exact) mass is 420 g/mol. The number of piperazine rings is 1. The van der Waals surface area contributed by atoms with E-state index < -0.39 is 0 Å². The van der Waals surface area contributed by atoms with E-state index in [9.17, 15) is 14.3 Å². The van der Waals surface area contributed by atoms with Gasteiger partial charge in [0.2, 0.25) is 0 Å². The van der Waals surface area contributed by atoms with Crippen molar-refractivity contribution in [3.8, 4) is 11.4 Å². The molecule has 1 atom stereocenters. The molecule has 1 fully saturated rings. The predicted molar refractivity (Wildman–Crippen MR) is 107 cm³/mol. The van der Waals surface area contributed by atoms with E-state index in [4.69, 9.17) is 0 Å². The van der Waals surface area contributed by atoms with Crippen LogP contribution >= 0.6 is 12.4 Å². The van der Waals surface area contributed by atoms with Gasteiger partial charge in [0.05, 0.1) is 11.9 Å². The van der Waals surface area contributed by atoms with E-state index in [1.807, 2.05) is 17.8 Å². The molecule has 154 valence electrons. The van der Waals surface area contributed by atoms with Gasteiger partial charge in [0.1, 0.15) is 17.7 Å². The summed E-state index contributed by atoms with van der Waals surface area (Å²) in [5.41, 5.74) is 1.20. The number of aryl methyl sites for hydroxylation is 2. The van der Waals surface area contributed by atoms with Crippen LogP contribution in [0.25, 0.3) is 5.69 Å². The number of amides is 1. The van der Waals surface area contributed by atoms with Gasteiger partial charge in [0, 0.05) is 39.1 Å². The van der Waals surface area contributed by atoms with Crippen LogP contribution in [0.3, 0.4) is 0 Å². The minimum absolute atomic E-state index is 0. The highest BCUT2D eigenvalue weighted by atomic mass is 35.5. The van der Waals surface area contributed by atoms with E-state index in [2.05, 4.69) is 15.4 Å². The summed E-state index contributed by atoms with van der Waals surface area (Å²) in [6, 6.07) is 3.99. The molecule has 0 radical (unpaired) electrons. The molecule has 8 nitrogen and oxygen atoms in total. The smallest absolute Gasteiger partial charge is 0.278 e. The molecular formula is C19H22ClFN6O2. The maximum Gasteiger partial charge on any atom is 0.278 e. The van der Waals surface area contributed by atoms with Gasteiger partial charge in [-0.15, -0.1) is 12.4 Å². The zero-order valence-electron chi connectivity index (χ0n) is 16.0. The number of halogens is 2. The van der Waals surface area contributed by atoms with Crippen LogP contribution in [0.4, 0.5) is 4.39 Å². The molecule has 10 heteroatoms. The second kappa shape index (κ2) is 8.22. The van der Waals surface area contributed by atoms with Crippen molar-refractivity contribution in [3.05, 3.63) is 59.7 Å². The average Bonchev–Trinajstić information content (AvgIpc) is 3.27. The van der Waals surface area contributed by atoms with E-state index in [0.717, 1.165) is 5.82 Å². The fourth-order valence-electron chi connectivity index (χ4n) is 3.53. The number of hydrogen-bond donors (Lipinski definition) is 2. The number of aromatic nitrogens is 4. The molecule has 1 amide bonds. The Morgan fingerprint density at radius 1 is 1.38 bits per heavy atom. The van der Waals surface area contributed by atoms with Crippen molar-refractivity contribution < 1.29 is 14.3 Å². The van der Waals surface area contributed by atoms with Crippen LogP contribution in [-0.2, 0) is 7.05 Å². The van der Waals surface area contributed by atoms with Crippen molar-refractivity contribution in [2.24, 2.45) is 7.05 Å². The van der Waals surface area contributed by atoms with Gasteiger partial charge in [-0.2, -0.15) is 5.10 Å². The van der Waals surface area contributed by atoms with Crippen LogP contribution in [0.2, 0.25) is 0 Å². The maximum absolute atomic E-state index is 13.4. The third kappa shape index (κ3) is 3.83. The van der Waals surface area contributed by atoms with Crippen LogP contribution in [-0.4, -0.2) is 54.9 Å². The van der Waals surface area contributed by atoms with Crippen molar-refractivity contribution >= 4 is 18.3 Å². The number of nitrogens with one attached hydrogen (secondary N) is 1. The van der Waals surface area contributed by atoms with Crippen molar-refractivity contribution in [1.82, 2.24) is 29.5 Å². The molecule has 2 aromatic heterocycles. The Morgan fingerprint density at radius 3 is 2.86 bits per heavy atom. The van der Waals surface area contributed by atoms with Crippen LogP contribution in [0.5, 0.6) is 5.75 Å². The first kappa shape index (κ1) is 20.8. The lowest BCUT2D eigenvalue weighted by molar-refractivity contribution is 0.0611. The molecule has 1 aromatic carbocycles. The van der Waals surface area contributed by atoms with E-state index in [1.54, 1.807) is 24.1 Å². The average molecular weight is 421 g/mol. The molecule has 0 spiro atoms. The lowest BCUT2D eigenvalue weighted by Gasteiger charge is -2.35. The van der Waals surface area contributed by atoms with E-state index in [-0.39, 0.29) is 41.6 Å². The third-order valence-electron chi connectivity index (χ3n) is 4.96. The molecule has 2 N–H and O–H groups in total. The molecule has 1 unspecified atom stereocenters. The number of carbonyl (C=O) groups is 1. The Balaban J connectivity index is 0.00000240. The molecular weight excluding hydrogens is 399 g/mol. The predicted octanol–water partition coefficient (Wildman–Crippen LogP) is 1.97. The Morgan fingerprint density at radius 2 is 2.17 bits per heavy atom. The molecule has 0 bridgehead atoms. The number of aromatic hydroxyl groups is 1. The summed E-state index contributed by atoms with van der Waals surface area (Å²) >= 11 is 0. The third-order valence-corrected chi connectivity index (χ3v) is 4.96. The lowest BCUT2D eigenvalue weighted by Crippen LogP contribution is -2.49. The summed E-state index contributed by atoms with van der Waals surface area (Å²) in [5.74, 6) is -0.183. The number of carbonyl (C=O) groups excluding carboxylic acids is 1. The highest BCUT2D eigenvalue weighted by molar-refractivity contribution is 5.95. The zero-order chi connectivity index (χ0) is 19.8. The van der Waals surface area contributed by atoms with Crippen molar-refractivity contribution in [2.75, 3.05) is 19.6 Å². The Hall–Kier alpha value is -2.91. The van der Waals surface area contributed by atoms with Gasteiger partial charge in [0.15, 0.2) is 11.4 Å². The normalized spacial score (nSPS) is 16.5. The minimum Gasteiger partial charge on any atom is -0.504 e. The summed E-state index contributed by atoms with van der Waals surface area (Å²) in [4.78, 5) is 19.2. The van der Waals surface area contributed by atoms with Crippen LogP contribution in [0, 0.1) is 12.7 Å². The topological polar surface area (TPSA) is 88.2 Å². The standard InChI is InChI=1S/C19H21FN6O2.ClH/c1-12-9-13(20)3-4-14(12)26-11-16(27)17(23-26)19(28)25-8-5-21-10-15(25)18-22-6-7-24(18)2;/h3-4,6-7,9,11,15,21,27H,5,8,10H2,1-2H3;1H. The summed E-state index contributed by atoms with van der Waals surface area (Å²) in [5, 5.41) is 17.9. The van der Waals surface area contributed by atoms with Gasteiger partial charge in [-0.05, 0) is 30.7 Å². The highest BCUT2D eigenvalue weighted by Gasteiger charge is 2.33. The number of nitrogens with zero attached hydrogens (tertiary/aromatic N) is 5. The summed E-state index contributed by atoms with van der Waals surface area (Å²) in [6.07, 6.45) is 4.89. The van der Waals surface area contributed by atoms with Gasteiger partial charge in [-0.25, -0.2) is 14.1 Å². The molecule has 3 heterocycles. The summed E-state index contributed by atoms with van der Waals surface area (Å²) < 4.78 is 16.6.